The lowest BCUT2D eigenvalue weighted by molar-refractivity contribution is 0.422. The van der Waals surface area contributed by atoms with Gasteiger partial charge < -0.3 is 11.5 Å². The molecule has 0 rings (SSSR count). The van der Waals surface area contributed by atoms with Crippen LogP contribution in [0.4, 0.5) is 0 Å². The van der Waals surface area contributed by atoms with Gasteiger partial charge in [0.15, 0.2) is 5.37 Å². The Balaban J connectivity index is 4.51. The summed E-state index contributed by atoms with van der Waals surface area (Å²) in [6.07, 6.45) is 0.218. The SMILES string of the molecule is CC(C)CC(NN=C(N)N)S(=O)(=O)O. The second-order valence-corrected chi connectivity index (χ2v) is 4.90. The van der Waals surface area contributed by atoms with E-state index >= 15 is 0 Å². The normalized spacial score (nSPS) is 13.7. The molecule has 0 aromatic rings. The zero-order valence-corrected chi connectivity index (χ0v) is 8.95. The lowest BCUT2D eigenvalue weighted by Crippen LogP contribution is -2.37. The molecule has 0 saturated heterocycles. The number of hydrogen-bond donors (Lipinski definition) is 4. The minimum absolute atomic E-state index is 0.0867. The first-order chi connectivity index (χ1) is 6.23. The highest BCUT2D eigenvalue weighted by Gasteiger charge is 2.23. The van der Waals surface area contributed by atoms with Gasteiger partial charge >= 0.3 is 0 Å². The monoisotopic (exact) mass is 224 g/mol. The first kappa shape index (κ1) is 13.0. The Bertz CT molecular complexity index is 294. The Hall–Kier alpha value is -1.02. The number of guanidine groups is 1. The summed E-state index contributed by atoms with van der Waals surface area (Å²) < 4.78 is 30.4. The Morgan fingerprint density at radius 2 is 2.00 bits per heavy atom. The van der Waals surface area contributed by atoms with Gasteiger partial charge in [0.2, 0.25) is 5.96 Å². The summed E-state index contributed by atoms with van der Waals surface area (Å²) in [4.78, 5) is 0. The fraction of sp³-hybridized carbons (Fsp3) is 0.833. The predicted octanol–water partition coefficient (Wildman–Crippen LogP) is -0.976. The third kappa shape index (κ3) is 5.60. The van der Waals surface area contributed by atoms with E-state index in [9.17, 15) is 8.42 Å². The molecule has 0 aromatic heterocycles. The van der Waals surface area contributed by atoms with Crippen molar-refractivity contribution in [3.63, 3.8) is 0 Å². The van der Waals surface area contributed by atoms with Crippen molar-refractivity contribution in [1.82, 2.24) is 5.43 Å². The predicted molar refractivity (Wildman–Crippen MR) is 53.7 cm³/mol. The molecular weight excluding hydrogens is 208 g/mol. The fourth-order valence-corrected chi connectivity index (χ4v) is 1.63. The summed E-state index contributed by atoms with van der Waals surface area (Å²) in [6, 6.07) is 0. The number of rotatable bonds is 5. The standard InChI is InChI=1S/C6H16N4O3S/c1-4(2)3-5(14(11,12)13)9-10-6(7)8/h4-5,9H,3H2,1-2H3,(H4,7,8,10)(H,11,12,13). The van der Waals surface area contributed by atoms with Gasteiger partial charge in [-0.3, -0.25) is 9.98 Å². The van der Waals surface area contributed by atoms with Crippen molar-refractivity contribution in [3.05, 3.63) is 0 Å². The highest BCUT2D eigenvalue weighted by atomic mass is 32.2. The van der Waals surface area contributed by atoms with Crippen LogP contribution in [0.3, 0.4) is 0 Å². The van der Waals surface area contributed by atoms with Crippen molar-refractivity contribution in [1.29, 1.82) is 0 Å². The summed E-state index contributed by atoms with van der Waals surface area (Å²) in [5, 5.41) is 2.15. The maximum atomic E-state index is 10.8. The highest BCUT2D eigenvalue weighted by Crippen LogP contribution is 2.09. The topological polar surface area (TPSA) is 131 Å². The number of nitrogens with one attached hydrogen (secondary N) is 1. The van der Waals surface area contributed by atoms with E-state index in [4.69, 9.17) is 16.0 Å². The molecule has 0 bridgehead atoms. The van der Waals surface area contributed by atoms with E-state index in [1.807, 2.05) is 13.8 Å². The molecule has 0 spiro atoms. The molecule has 6 N–H and O–H groups in total. The molecular formula is C6H16N4O3S. The van der Waals surface area contributed by atoms with E-state index in [2.05, 4.69) is 10.5 Å². The quantitative estimate of drug-likeness (QED) is 0.205. The third-order valence-corrected chi connectivity index (χ3v) is 2.40. The van der Waals surface area contributed by atoms with Gasteiger partial charge in [0.05, 0.1) is 0 Å². The lowest BCUT2D eigenvalue weighted by Gasteiger charge is -2.15. The molecule has 0 aliphatic carbocycles. The largest absolute Gasteiger partial charge is 0.369 e. The number of nitrogens with zero attached hydrogens (tertiary/aromatic N) is 1. The number of nitrogens with two attached hydrogens (primary N) is 2. The van der Waals surface area contributed by atoms with E-state index in [0.29, 0.717) is 0 Å². The maximum Gasteiger partial charge on any atom is 0.287 e. The van der Waals surface area contributed by atoms with E-state index in [1.54, 1.807) is 0 Å². The number of hydrogen-bond acceptors (Lipinski definition) is 4. The fourth-order valence-electron chi connectivity index (χ4n) is 0.816. The van der Waals surface area contributed by atoms with Crippen molar-refractivity contribution in [2.75, 3.05) is 0 Å². The van der Waals surface area contributed by atoms with Crippen LogP contribution >= 0.6 is 0 Å². The highest BCUT2D eigenvalue weighted by molar-refractivity contribution is 7.86. The second-order valence-electron chi connectivity index (χ2n) is 3.30. The Kier molecular flexibility index (Phi) is 4.64. The zero-order valence-electron chi connectivity index (χ0n) is 8.14. The van der Waals surface area contributed by atoms with Gasteiger partial charge in [0, 0.05) is 0 Å². The summed E-state index contributed by atoms with van der Waals surface area (Å²) in [6.45, 7) is 3.63. The van der Waals surface area contributed by atoms with Crippen LogP contribution in [0.5, 0.6) is 0 Å². The van der Waals surface area contributed by atoms with Crippen LogP contribution in [-0.2, 0) is 10.1 Å². The summed E-state index contributed by atoms with van der Waals surface area (Å²) in [7, 11) is -4.18. The van der Waals surface area contributed by atoms with Crippen LogP contribution < -0.4 is 16.9 Å². The van der Waals surface area contributed by atoms with Gasteiger partial charge in [-0.15, -0.1) is 5.10 Å². The van der Waals surface area contributed by atoms with Gasteiger partial charge in [0.1, 0.15) is 0 Å². The Labute approximate surface area is 83.3 Å². The molecule has 0 saturated carbocycles. The van der Waals surface area contributed by atoms with Gasteiger partial charge in [-0.2, -0.15) is 8.42 Å². The van der Waals surface area contributed by atoms with Crippen LogP contribution in [-0.4, -0.2) is 24.3 Å². The van der Waals surface area contributed by atoms with Crippen LogP contribution in [0.15, 0.2) is 5.10 Å². The molecule has 14 heavy (non-hydrogen) atoms. The molecule has 7 nitrogen and oxygen atoms in total. The summed E-state index contributed by atoms with van der Waals surface area (Å²) >= 11 is 0. The third-order valence-electron chi connectivity index (χ3n) is 1.38. The molecule has 0 amide bonds. The molecule has 0 aliphatic rings. The van der Waals surface area contributed by atoms with Gasteiger partial charge in [0.25, 0.3) is 10.1 Å². The molecule has 0 fully saturated rings. The van der Waals surface area contributed by atoms with Crippen LogP contribution in [0.1, 0.15) is 20.3 Å². The van der Waals surface area contributed by atoms with Gasteiger partial charge in [-0.05, 0) is 12.3 Å². The molecule has 84 valence electrons. The van der Waals surface area contributed by atoms with E-state index in [0.717, 1.165) is 0 Å². The molecule has 0 radical (unpaired) electrons. The minimum Gasteiger partial charge on any atom is -0.369 e. The Morgan fingerprint density at radius 1 is 1.50 bits per heavy atom. The van der Waals surface area contributed by atoms with E-state index in [1.165, 1.54) is 0 Å². The van der Waals surface area contributed by atoms with Crippen molar-refractivity contribution < 1.29 is 13.0 Å². The molecule has 0 aromatic carbocycles. The molecule has 0 heterocycles. The van der Waals surface area contributed by atoms with Crippen molar-refractivity contribution in [2.45, 2.75) is 25.6 Å². The average Bonchev–Trinajstić information content (AvgIpc) is 1.94. The van der Waals surface area contributed by atoms with E-state index < -0.39 is 15.5 Å². The molecule has 1 unspecified atom stereocenters. The first-order valence-corrected chi connectivity index (χ1v) is 5.54. The van der Waals surface area contributed by atoms with Crippen LogP contribution in [0.2, 0.25) is 0 Å². The van der Waals surface area contributed by atoms with E-state index in [-0.39, 0.29) is 18.3 Å². The van der Waals surface area contributed by atoms with Gasteiger partial charge in [-0.25, -0.2) is 0 Å². The second kappa shape index (κ2) is 5.01. The van der Waals surface area contributed by atoms with Crippen molar-refractivity contribution in [3.8, 4) is 0 Å². The van der Waals surface area contributed by atoms with Crippen LogP contribution in [0.25, 0.3) is 0 Å². The van der Waals surface area contributed by atoms with Gasteiger partial charge in [-0.1, -0.05) is 13.8 Å². The maximum absolute atomic E-state index is 10.8. The minimum atomic E-state index is -4.18. The van der Waals surface area contributed by atoms with Crippen molar-refractivity contribution in [2.24, 2.45) is 22.5 Å². The lowest BCUT2D eigenvalue weighted by atomic mass is 10.1. The van der Waals surface area contributed by atoms with Crippen LogP contribution in [0, 0.1) is 5.92 Å². The summed E-state index contributed by atoms with van der Waals surface area (Å²) in [5.74, 6) is -0.203. The summed E-state index contributed by atoms with van der Waals surface area (Å²) in [5.41, 5.74) is 12.2. The molecule has 1 atom stereocenters. The Morgan fingerprint density at radius 3 is 2.29 bits per heavy atom. The number of hydrazone groups is 1. The average molecular weight is 224 g/mol. The zero-order chi connectivity index (χ0) is 11.4. The first-order valence-electron chi connectivity index (χ1n) is 4.04. The molecule has 8 heteroatoms. The molecule has 0 aliphatic heterocycles. The van der Waals surface area contributed by atoms with Crippen molar-refractivity contribution >= 4 is 16.1 Å². The smallest absolute Gasteiger partial charge is 0.287 e.